The molecule has 0 amide bonds. The number of fused-ring (bicyclic) bond motifs is 4. The molecule has 6 unspecified atom stereocenters. The number of nitrogens with zero attached hydrogens (tertiary/aromatic N) is 2. The fourth-order valence-corrected chi connectivity index (χ4v) is 9.11. The van der Waals surface area contributed by atoms with Crippen LogP contribution in [0.2, 0.25) is 0 Å². The third-order valence-corrected chi connectivity index (χ3v) is 14.5. The number of hydrogen-bond donors (Lipinski definition) is 1. The van der Waals surface area contributed by atoms with E-state index in [0.717, 1.165) is 21.5 Å². The Kier molecular flexibility index (Phi) is 28.9. The number of hydrogen-bond acceptors (Lipinski definition) is 20. The molecule has 0 saturated heterocycles. The van der Waals surface area contributed by atoms with Gasteiger partial charge >= 0.3 is 82.9 Å². The summed E-state index contributed by atoms with van der Waals surface area (Å²) in [5, 5.41) is 5.79. The molecule has 1 N–H and O–H groups in total. The summed E-state index contributed by atoms with van der Waals surface area (Å²) in [5.41, 5.74) is -3.25. The first kappa shape index (κ1) is 77.2. The normalized spacial score (nSPS) is 13.6. The summed E-state index contributed by atoms with van der Waals surface area (Å²) >= 11 is 0. The average molecular weight is 1410 g/mol. The third kappa shape index (κ3) is 20.9. The zero-order chi connectivity index (χ0) is 66.2. The van der Waals surface area contributed by atoms with Crippen LogP contribution in [0.15, 0.2) is 146 Å². The molecule has 2 heterocycles. The zero-order valence-corrected chi connectivity index (χ0v) is 54.9. The fraction of sp³-hybridized carbons (Fsp3) is 0.294. The molecule has 0 spiro atoms. The molecule has 6 atom stereocenters. The quantitative estimate of drug-likeness (QED) is 0.0150. The van der Waals surface area contributed by atoms with E-state index in [-0.39, 0.29) is 58.7 Å². The summed E-state index contributed by atoms with van der Waals surface area (Å²) in [4.78, 5) is 113. The van der Waals surface area contributed by atoms with Crippen LogP contribution in [-0.2, 0) is 109 Å². The molecule has 1 saturated carbocycles. The van der Waals surface area contributed by atoms with Crippen molar-refractivity contribution in [2.45, 2.75) is 129 Å². The standard InChI is InChI=1S/C60H52N2O16.C5H10.CHF3O3S.2CH3.Ru/c1-33(73-55(65)35(3)75-57(67)37(5)77-59(69)51-45-19-11-7-15-41(45)29-42-16-8-12-20-46(42)51)53(63)71-31-39-23-25-61-49(27-39)50-28-40(24-26-62-50)32-72-54(64)34(2)74-56(66)36(4)76-58(68)38(6)78-60(70)52-47-21-13-9-17-43(47)30-44-18-10-14-22-48(44)52;1-2-4-5-3-1;2-1(3,4)8(5,6)7;;;/h7-30,33-38H,31-32H2,1-6H3;1-5H2;(H,5,6,7);2*1H3;/q;;;2*-1;+2. The molecule has 0 aliphatic heterocycles. The minimum atomic E-state index is -5.84. The van der Waals surface area contributed by atoms with E-state index in [1.54, 1.807) is 72.8 Å². The van der Waals surface area contributed by atoms with Gasteiger partial charge in [0.15, 0.2) is 36.6 Å². The van der Waals surface area contributed by atoms with E-state index in [1.807, 2.05) is 60.7 Å². The van der Waals surface area contributed by atoms with Crippen LogP contribution >= 0.6 is 0 Å². The van der Waals surface area contributed by atoms with Crippen molar-refractivity contribution in [1.82, 2.24) is 9.97 Å². The maximum absolute atomic E-state index is 13.5. The second-order valence-electron chi connectivity index (χ2n) is 20.8. The van der Waals surface area contributed by atoms with Gasteiger partial charge in [0.1, 0.15) is 13.2 Å². The summed E-state index contributed by atoms with van der Waals surface area (Å²) in [7, 11) is -5.84. The first-order valence-corrected chi connectivity index (χ1v) is 30.0. The Bertz CT molecular complexity index is 3780. The van der Waals surface area contributed by atoms with Gasteiger partial charge in [-0.1, -0.05) is 129 Å². The van der Waals surface area contributed by atoms with Crippen molar-refractivity contribution < 1.29 is 122 Å². The van der Waals surface area contributed by atoms with Crippen molar-refractivity contribution in [1.29, 1.82) is 0 Å². The number of carbonyl (C=O) groups excluding carboxylic acids is 8. The van der Waals surface area contributed by atoms with Crippen LogP contribution in [0.5, 0.6) is 0 Å². The maximum Gasteiger partial charge on any atom is 2.00 e. The Labute approximate surface area is 553 Å². The molecule has 2 aromatic heterocycles. The van der Waals surface area contributed by atoms with Crippen molar-refractivity contribution in [2.24, 2.45) is 0 Å². The van der Waals surface area contributed by atoms with E-state index < -0.39 is 100 Å². The first-order valence-electron chi connectivity index (χ1n) is 28.5. The largest absolute Gasteiger partial charge is 2.00 e. The molecule has 500 valence electrons. The molecule has 1 aliphatic carbocycles. The number of benzene rings is 6. The summed E-state index contributed by atoms with van der Waals surface area (Å²) in [6.45, 7) is 7.20. The Morgan fingerprint density at radius 3 is 0.936 bits per heavy atom. The van der Waals surface area contributed by atoms with Gasteiger partial charge in [0.25, 0.3) is 0 Å². The molecule has 9 rings (SSSR count). The van der Waals surface area contributed by atoms with Crippen molar-refractivity contribution in [3.8, 4) is 11.4 Å². The molecule has 94 heavy (non-hydrogen) atoms. The number of alkyl halides is 3. The topological polar surface area (TPSA) is 291 Å². The van der Waals surface area contributed by atoms with E-state index in [4.69, 9.17) is 50.9 Å². The van der Waals surface area contributed by atoms with Crippen molar-refractivity contribution in [3.05, 3.63) is 183 Å². The number of halogens is 3. The zero-order valence-electron chi connectivity index (χ0n) is 52.4. The molecule has 21 nitrogen and oxygen atoms in total. The van der Waals surface area contributed by atoms with Crippen molar-refractivity contribution in [2.75, 3.05) is 0 Å². The summed E-state index contributed by atoms with van der Waals surface area (Å²) in [6, 6.07) is 39.4. The second kappa shape index (κ2) is 35.1. The van der Waals surface area contributed by atoms with Gasteiger partial charge in [-0.2, -0.15) is 21.6 Å². The number of aromatic nitrogens is 2. The van der Waals surface area contributed by atoms with Gasteiger partial charge in [-0.05, 0) is 132 Å². The van der Waals surface area contributed by atoms with Crippen LogP contribution in [0.3, 0.4) is 0 Å². The van der Waals surface area contributed by atoms with Gasteiger partial charge in [0.2, 0.25) is 0 Å². The van der Waals surface area contributed by atoms with E-state index in [9.17, 15) is 51.5 Å². The Morgan fingerprint density at radius 1 is 0.426 bits per heavy atom. The molecule has 6 aromatic carbocycles. The SMILES string of the molecule is C1CCCC1.CC(OC(=O)c1c2ccccc2cc2ccccc12)C(=O)OC(C)C(=O)OC(C)C(=O)OCc1ccnc(-c2cc(COC(=O)C(C)OC(=O)C(C)OC(=O)C(C)OC(=O)c3c4ccccc4cc4ccccc34)ccn2)c1.O=S(=O)(O)C(F)(F)F.[CH3-].[CH3-].[Ru+2]. The molecule has 8 aromatic rings. The second-order valence-corrected chi connectivity index (χ2v) is 22.2. The maximum atomic E-state index is 13.5. The Balaban J connectivity index is 0.00000106. The molecule has 1 fully saturated rings. The van der Waals surface area contributed by atoms with E-state index in [2.05, 4.69) is 9.97 Å². The molecule has 1 aliphatic rings. The van der Waals surface area contributed by atoms with Crippen LogP contribution < -0.4 is 0 Å². The van der Waals surface area contributed by atoms with Gasteiger partial charge in [-0.3, -0.25) is 14.5 Å². The van der Waals surface area contributed by atoms with Gasteiger partial charge in [-0.25, -0.2) is 38.4 Å². The van der Waals surface area contributed by atoms with E-state index in [1.165, 1.54) is 86.0 Å². The molecule has 26 heteroatoms. The summed E-state index contributed by atoms with van der Waals surface area (Å²) < 4.78 is 100. The smallest absolute Gasteiger partial charge is 0.458 e. The number of pyridine rings is 2. The summed E-state index contributed by atoms with van der Waals surface area (Å²) in [6.07, 6.45) is 1.87. The first-order chi connectivity index (χ1) is 43.2. The van der Waals surface area contributed by atoms with Gasteiger partial charge in [-0.15, -0.1) is 0 Å². The molecular weight excluding hydrogens is 1340 g/mol. The summed E-state index contributed by atoms with van der Waals surface area (Å²) in [5.74, 6) is -7.42. The van der Waals surface area contributed by atoms with Crippen molar-refractivity contribution in [3.63, 3.8) is 0 Å². The van der Waals surface area contributed by atoms with Crippen molar-refractivity contribution >= 4 is 101 Å². The predicted octanol–water partition coefficient (Wildman–Crippen LogP) is 12.3. The monoisotopic (exact) mass is 1410 g/mol. The van der Waals surface area contributed by atoms with Crippen LogP contribution in [0.4, 0.5) is 13.2 Å². The van der Waals surface area contributed by atoms with Crippen LogP contribution in [0.1, 0.15) is 105 Å². The number of carbonyl (C=O) groups is 8. The van der Waals surface area contributed by atoms with E-state index >= 15 is 0 Å². The van der Waals surface area contributed by atoms with Gasteiger partial charge in [0, 0.05) is 12.4 Å². The molecule has 0 bridgehead atoms. The van der Waals surface area contributed by atoms with Gasteiger partial charge in [0.05, 0.1) is 22.5 Å². The fourth-order valence-electron chi connectivity index (χ4n) is 9.11. The molecule has 0 radical (unpaired) electrons. The van der Waals surface area contributed by atoms with Crippen LogP contribution in [-0.4, -0.2) is 113 Å². The minimum absolute atomic E-state index is 0. The number of esters is 8. The minimum Gasteiger partial charge on any atom is -0.458 e. The van der Waals surface area contributed by atoms with Crippen LogP contribution in [0.25, 0.3) is 54.5 Å². The molecular formula is C68H69F3N2O19RuS. The third-order valence-electron chi connectivity index (χ3n) is 13.9. The van der Waals surface area contributed by atoms with Crippen LogP contribution in [0, 0.1) is 14.9 Å². The predicted molar refractivity (Wildman–Crippen MR) is 335 cm³/mol. The van der Waals surface area contributed by atoms with E-state index in [0.29, 0.717) is 44.1 Å². The Morgan fingerprint density at radius 2 is 0.670 bits per heavy atom. The number of ether oxygens (including phenoxy) is 8. The average Bonchev–Trinajstić information content (AvgIpc) is 0.801. The Hall–Kier alpha value is -9.26. The van der Waals surface area contributed by atoms with Gasteiger partial charge < -0.3 is 52.7 Å². The number of rotatable bonds is 19.